The van der Waals surface area contributed by atoms with Crippen LogP contribution in [0.2, 0.25) is 0 Å². The van der Waals surface area contributed by atoms with Crippen molar-refractivity contribution in [2.45, 2.75) is 13.8 Å². The van der Waals surface area contributed by atoms with Crippen molar-refractivity contribution in [3.8, 4) is 5.75 Å². The summed E-state index contributed by atoms with van der Waals surface area (Å²) < 4.78 is 14.5. The molecule has 0 heterocycles. The van der Waals surface area contributed by atoms with Crippen molar-refractivity contribution >= 4 is 29.5 Å². The van der Waals surface area contributed by atoms with E-state index in [0.717, 1.165) is 0 Å². The second kappa shape index (κ2) is 9.81. The number of carbonyl (C=O) groups is 3. The van der Waals surface area contributed by atoms with Crippen LogP contribution in [-0.4, -0.2) is 31.4 Å². The molecule has 2 aromatic rings. The molecular formula is C19H20N2O6. The van der Waals surface area contributed by atoms with E-state index >= 15 is 0 Å². The van der Waals surface area contributed by atoms with Gasteiger partial charge in [0.25, 0.3) is 0 Å². The second-order valence-electron chi connectivity index (χ2n) is 5.19. The predicted molar refractivity (Wildman–Crippen MR) is 99.1 cm³/mol. The molecule has 0 saturated heterocycles. The minimum atomic E-state index is -0.790. The number of hydrogen-bond acceptors (Lipinski definition) is 6. The number of carbonyl (C=O) groups excluding carboxylic acids is 3. The maximum Gasteiger partial charge on any atom is 0.513 e. The van der Waals surface area contributed by atoms with Gasteiger partial charge in [-0.25, -0.2) is 14.4 Å². The zero-order valence-electron chi connectivity index (χ0n) is 15.0. The van der Waals surface area contributed by atoms with Gasteiger partial charge in [0.1, 0.15) is 5.75 Å². The number of anilines is 2. The van der Waals surface area contributed by atoms with Crippen LogP contribution in [0, 0.1) is 0 Å². The largest absolute Gasteiger partial charge is 0.513 e. The van der Waals surface area contributed by atoms with E-state index in [1.54, 1.807) is 50.2 Å². The molecule has 0 atom stereocenters. The molecule has 0 unspecified atom stereocenters. The number of nitrogens with one attached hydrogen (secondary N) is 2. The van der Waals surface area contributed by atoms with Gasteiger partial charge >= 0.3 is 18.2 Å². The molecule has 0 bridgehead atoms. The highest BCUT2D eigenvalue weighted by Gasteiger charge is 2.08. The summed E-state index contributed by atoms with van der Waals surface area (Å²) in [5.74, 6) is -0.118. The summed E-state index contributed by atoms with van der Waals surface area (Å²) in [4.78, 5) is 34.8. The highest BCUT2D eigenvalue weighted by atomic mass is 16.7. The molecule has 8 nitrogen and oxygen atoms in total. The van der Waals surface area contributed by atoms with Crippen LogP contribution in [0.3, 0.4) is 0 Å². The zero-order chi connectivity index (χ0) is 19.6. The minimum Gasteiger partial charge on any atom is -0.462 e. The summed E-state index contributed by atoms with van der Waals surface area (Å²) in [6.45, 7) is 3.93. The van der Waals surface area contributed by atoms with Crippen LogP contribution >= 0.6 is 0 Å². The van der Waals surface area contributed by atoms with Gasteiger partial charge in [-0.3, -0.25) is 0 Å². The quantitative estimate of drug-likeness (QED) is 0.586. The van der Waals surface area contributed by atoms with Crippen LogP contribution in [0.15, 0.2) is 48.5 Å². The van der Waals surface area contributed by atoms with Gasteiger partial charge in [0.05, 0.1) is 18.8 Å². The third kappa shape index (κ3) is 6.35. The van der Waals surface area contributed by atoms with Crippen LogP contribution < -0.4 is 15.4 Å². The topological polar surface area (TPSA) is 103 Å². The molecule has 2 amide bonds. The molecule has 2 aromatic carbocycles. The Morgan fingerprint density at radius 2 is 1.30 bits per heavy atom. The van der Waals surface area contributed by atoms with Crippen molar-refractivity contribution < 1.29 is 28.6 Å². The van der Waals surface area contributed by atoms with Gasteiger partial charge in [0.15, 0.2) is 0 Å². The van der Waals surface area contributed by atoms with Crippen LogP contribution in [0.25, 0.3) is 0 Å². The van der Waals surface area contributed by atoms with Crippen molar-refractivity contribution in [1.29, 1.82) is 0 Å². The molecule has 0 aliphatic heterocycles. The molecule has 27 heavy (non-hydrogen) atoms. The minimum absolute atomic E-state index is 0.222. The number of benzene rings is 2. The van der Waals surface area contributed by atoms with Crippen molar-refractivity contribution in [3.05, 3.63) is 54.1 Å². The van der Waals surface area contributed by atoms with E-state index in [0.29, 0.717) is 29.3 Å². The number of esters is 1. The van der Waals surface area contributed by atoms with Crippen LogP contribution in [0.4, 0.5) is 21.0 Å². The Hall–Kier alpha value is -3.55. The summed E-state index contributed by atoms with van der Waals surface area (Å²) >= 11 is 0. The first-order valence-electron chi connectivity index (χ1n) is 8.31. The Kier molecular flexibility index (Phi) is 7.18. The Morgan fingerprint density at radius 3 is 1.81 bits per heavy atom. The van der Waals surface area contributed by atoms with Crippen LogP contribution in [-0.2, 0) is 9.47 Å². The fourth-order valence-electron chi connectivity index (χ4n) is 2.05. The number of hydrogen-bond donors (Lipinski definition) is 2. The Bertz CT molecular complexity index is 787. The molecule has 0 aliphatic rings. The van der Waals surface area contributed by atoms with Gasteiger partial charge in [-0.05, 0) is 62.4 Å². The van der Waals surface area contributed by atoms with Gasteiger partial charge in [0.2, 0.25) is 0 Å². The Morgan fingerprint density at radius 1 is 0.778 bits per heavy atom. The van der Waals surface area contributed by atoms with E-state index in [-0.39, 0.29) is 6.61 Å². The molecule has 142 valence electrons. The van der Waals surface area contributed by atoms with Gasteiger partial charge in [-0.2, -0.15) is 0 Å². The fraction of sp³-hybridized carbons (Fsp3) is 0.211. The first kappa shape index (κ1) is 19.8. The van der Waals surface area contributed by atoms with Gasteiger partial charge < -0.3 is 24.8 Å². The average Bonchev–Trinajstić information content (AvgIpc) is 2.64. The van der Waals surface area contributed by atoms with E-state index in [1.807, 2.05) is 0 Å². The lowest BCUT2D eigenvalue weighted by Crippen LogP contribution is -2.19. The van der Waals surface area contributed by atoms with Crippen molar-refractivity contribution in [3.63, 3.8) is 0 Å². The summed E-state index contributed by atoms with van der Waals surface area (Å²) in [6, 6.07) is 12.1. The standard InChI is InChI=1S/C19H20N2O6/c1-3-25-17(22)13-5-7-14(8-6-13)20-18(23)21-15-9-11-16(12-10-15)27-19(24)26-4-2/h5-12H,3-4H2,1-2H3,(H2,20,21,23). The summed E-state index contributed by atoms with van der Waals surface area (Å²) in [7, 11) is 0. The first-order valence-corrected chi connectivity index (χ1v) is 8.31. The molecular weight excluding hydrogens is 352 g/mol. The molecule has 8 heteroatoms. The lowest BCUT2D eigenvalue weighted by Gasteiger charge is -2.09. The number of ether oxygens (including phenoxy) is 3. The van der Waals surface area contributed by atoms with Gasteiger partial charge in [-0.15, -0.1) is 0 Å². The smallest absolute Gasteiger partial charge is 0.462 e. The maximum absolute atomic E-state index is 12.0. The molecule has 0 aliphatic carbocycles. The summed E-state index contributed by atoms with van der Waals surface area (Å²) in [5, 5.41) is 5.28. The number of amides is 2. The van der Waals surface area contributed by atoms with Gasteiger partial charge in [-0.1, -0.05) is 0 Å². The van der Waals surface area contributed by atoms with Gasteiger partial charge in [0, 0.05) is 11.4 Å². The van der Waals surface area contributed by atoms with Crippen molar-refractivity contribution in [1.82, 2.24) is 0 Å². The van der Waals surface area contributed by atoms with E-state index in [1.165, 1.54) is 12.1 Å². The first-order chi connectivity index (χ1) is 13.0. The highest BCUT2D eigenvalue weighted by molar-refractivity contribution is 6.00. The highest BCUT2D eigenvalue weighted by Crippen LogP contribution is 2.17. The van der Waals surface area contributed by atoms with E-state index in [9.17, 15) is 14.4 Å². The number of urea groups is 1. The van der Waals surface area contributed by atoms with E-state index < -0.39 is 18.2 Å². The van der Waals surface area contributed by atoms with Crippen LogP contribution in [0.1, 0.15) is 24.2 Å². The Labute approximate surface area is 156 Å². The normalized spacial score (nSPS) is 9.85. The summed E-state index contributed by atoms with van der Waals surface area (Å²) in [5.41, 5.74) is 1.43. The summed E-state index contributed by atoms with van der Waals surface area (Å²) in [6.07, 6.45) is -0.790. The lowest BCUT2D eigenvalue weighted by atomic mass is 10.2. The Balaban J connectivity index is 1.88. The third-order valence-corrected chi connectivity index (χ3v) is 3.23. The lowest BCUT2D eigenvalue weighted by molar-refractivity contribution is 0.0526. The zero-order valence-corrected chi connectivity index (χ0v) is 15.0. The molecule has 0 aromatic heterocycles. The van der Waals surface area contributed by atoms with Crippen LogP contribution in [0.5, 0.6) is 5.75 Å². The maximum atomic E-state index is 12.0. The molecule has 0 fully saturated rings. The molecule has 2 N–H and O–H groups in total. The third-order valence-electron chi connectivity index (χ3n) is 3.23. The monoisotopic (exact) mass is 372 g/mol. The van der Waals surface area contributed by atoms with E-state index in [2.05, 4.69) is 15.4 Å². The second-order valence-corrected chi connectivity index (χ2v) is 5.19. The fourth-order valence-corrected chi connectivity index (χ4v) is 2.05. The predicted octanol–water partition coefficient (Wildman–Crippen LogP) is 4.04. The van der Waals surface area contributed by atoms with E-state index in [4.69, 9.17) is 9.47 Å². The molecule has 0 spiro atoms. The molecule has 0 radical (unpaired) electrons. The van der Waals surface area contributed by atoms with Crippen molar-refractivity contribution in [2.24, 2.45) is 0 Å². The van der Waals surface area contributed by atoms with Crippen molar-refractivity contribution in [2.75, 3.05) is 23.8 Å². The SMILES string of the molecule is CCOC(=O)Oc1ccc(NC(=O)Nc2ccc(C(=O)OCC)cc2)cc1. The average molecular weight is 372 g/mol. The molecule has 2 rings (SSSR count). The molecule has 0 saturated carbocycles. The number of rotatable bonds is 6.